The Kier molecular flexibility index (Phi) is 12.6. The van der Waals surface area contributed by atoms with Gasteiger partial charge in [0.1, 0.15) is 12.2 Å². The van der Waals surface area contributed by atoms with Crippen molar-refractivity contribution in [2.45, 2.75) is 302 Å². The molecule has 24 atom stereocenters. The predicted molar refractivity (Wildman–Crippen MR) is 250 cm³/mol. The van der Waals surface area contributed by atoms with Crippen molar-refractivity contribution < 1.29 is 62.7 Å². The van der Waals surface area contributed by atoms with Gasteiger partial charge in [0.2, 0.25) is 0 Å². The fourth-order valence-corrected chi connectivity index (χ4v) is 15.0. The first-order valence-corrected chi connectivity index (χ1v) is 26.4. The highest BCUT2D eigenvalue weighted by Gasteiger charge is 2.67. The molecule has 0 saturated carbocycles. The van der Waals surface area contributed by atoms with E-state index in [0.29, 0.717) is 76.5 Å². The van der Waals surface area contributed by atoms with E-state index in [1.54, 1.807) is 0 Å². The molecule has 67 heavy (non-hydrogen) atoms. The maximum atomic E-state index is 11.4. The van der Waals surface area contributed by atoms with Crippen molar-refractivity contribution in [1.29, 1.82) is 0 Å². The van der Waals surface area contributed by atoms with Gasteiger partial charge in [0.05, 0.1) is 124 Å². The molecule has 10 aliphatic rings. The van der Waals surface area contributed by atoms with Gasteiger partial charge in [-0.15, -0.1) is 6.58 Å². The van der Waals surface area contributed by atoms with E-state index in [4.69, 9.17) is 47.4 Å². The first kappa shape index (κ1) is 49.5. The van der Waals surface area contributed by atoms with E-state index in [2.05, 4.69) is 81.0 Å². The number of fused-ring (bicyclic) bond motifs is 9. The molecular weight excluding hydrogens is 857 g/mol. The van der Waals surface area contributed by atoms with Crippen LogP contribution in [0.4, 0.5) is 0 Å². The Hall–Kier alpha value is -1.04. The first-order valence-electron chi connectivity index (χ1n) is 26.4. The maximum Gasteiger partial charge on any atom is 0.106 e. The summed E-state index contributed by atoms with van der Waals surface area (Å²) in [6.07, 6.45) is 10.4. The van der Waals surface area contributed by atoms with Crippen LogP contribution in [0, 0.1) is 11.8 Å². The molecule has 3 N–H and O–H groups in total. The lowest BCUT2D eigenvalue weighted by Gasteiger charge is -2.63. The van der Waals surface area contributed by atoms with Crippen LogP contribution in [0.5, 0.6) is 0 Å². The van der Waals surface area contributed by atoms with Crippen molar-refractivity contribution in [3.8, 4) is 0 Å². The monoisotopic (exact) mass is 943 g/mol. The van der Waals surface area contributed by atoms with E-state index in [0.717, 1.165) is 19.3 Å². The summed E-state index contributed by atoms with van der Waals surface area (Å²) in [5.41, 5.74) is -4.74. The third-order valence-electron chi connectivity index (χ3n) is 19.6. The van der Waals surface area contributed by atoms with E-state index in [-0.39, 0.29) is 73.1 Å². The Bertz CT molecular complexity index is 1880. The summed E-state index contributed by atoms with van der Waals surface area (Å²) in [7, 11) is 0. The Labute approximate surface area is 400 Å². The van der Waals surface area contributed by atoms with E-state index < -0.39 is 69.2 Å². The lowest BCUT2D eigenvalue weighted by molar-refractivity contribution is -0.374. The van der Waals surface area contributed by atoms with Crippen LogP contribution in [0.1, 0.15) is 166 Å². The standard InChI is InChI=1S/C54H86O13/c1-13-15-30(2)31(3)22-32(55)46(57)35-18-19-49(7)40(60-35)25-43-54(12,67-49)29-53(11)39(61-43)23-36-34(63-53)17-14-16-33-37(58-36)27-51(9)42(59-33)26-41-50(8,66-51)21-20-48(6)45(62-41)28-52(10)44(64-48)24-38(56)47(4,5)65-52/h13-14,17,30-46,55-57H,1,15-16,18-29H2,2-12H3/b17-14-/t30-,31+,32+,33+,34-,35-,36+,37-,38+,39-,40-,41+,42-,43+,44-,45-,46-,48+,49+,50-,51+,52+,53+,54-/m0/s1. The highest BCUT2D eigenvalue weighted by molar-refractivity contribution is 5.17. The minimum atomic E-state index is -0.982. The van der Waals surface area contributed by atoms with Crippen molar-refractivity contribution in [1.82, 2.24) is 0 Å². The van der Waals surface area contributed by atoms with Crippen LogP contribution in [-0.4, -0.2) is 152 Å². The Morgan fingerprint density at radius 2 is 1.22 bits per heavy atom. The summed E-state index contributed by atoms with van der Waals surface area (Å²) in [5.74, 6) is 0.603. The summed E-state index contributed by atoms with van der Waals surface area (Å²) >= 11 is 0. The van der Waals surface area contributed by atoms with Crippen molar-refractivity contribution in [3.63, 3.8) is 0 Å². The zero-order valence-corrected chi connectivity index (χ0v) is 42.6. The highest BCUT2D eigenvalue weighted by atomic mass is 16.7. The van der Waals surface area contributed by atoms with Gasteiger partial charge in [0.25, 0.3) is 0 Å². The molecule has 13 nitrogen and oxygen atoms in total. The van der Waals surface area contributed by atoms with Crippen LogP contribution < -0.4 is 0 Å². The van der Waals surface area contributed by atoms with Gasteiger partial charge in [-0.2, -0.15) is 0 Å². The molecule has 10 rings (SSSR count). The smallest absolute Gasteiger partial charge is 0.106 e. The van der Waals surface area contributed by atoms with Crippen LogP contribution in [0.3, 0.4) is 0 Å². The van der Waals surface area contributed by atoms with Crippen molar-refractivity contribution in [3.05, 3.63) is 24.8 Å². The molecule has 0 spiro atoms. The molecule has 9 fully saturated rings. The third-order valence-corrected chi connectivity index (χ3v) is 19.6. The SMILES string of the molecule is C=CC[C@H](C)[C@H](C)C[C@@H](O)[C@H](O)[C@@H]1CC[C@@]2(C)O[C@@]3(C)C[C@@]4(C)O[C@H]5/C=C\C[C@H]6O[C@H]7C[C@H]8O[C@H]9C[C@@]%10(C)OC(C)(C)[C@H](O)C[C@@H]%10O[C@]9(C)CC[C@]8(C)O[C@]7(C)C[C@@H]6O[C@@H]5C[C@@H]4O[C@@H]3C[C@@H]2O1. The number of hydrogen-bond acceptors (Lipinski definition) is 13. The molecular formula is C54H86O13. The summed E-state index contributed by atoms with van der Waals surface area (Å²) in [6, 6.07) is 0. The average Bonchev–Trinajstić information content (AvgIpc) is 3.32. The third kappa shape index (κ3) is 8.61. The van der Waals surface area contributed by atoms with Crippen LogP contribution in [-0.2, 0) is 47.4 Å². The predicted octanol–water partition coefficient (Wildman–Crippen LogP) is 7.36. The normalized spacial score (nSPS) is 55.6. The Morgan fingerprint density at radius 1 is 0.597 bits per heavy atom. The molecule has 13 heteroatoms. The minimum absolute atomic E-state index is 0.154. The second-order valence-corrected chi connectivity index (χ2v) is 25.6. The molecule has 0 aliphatic carbocycles. The lowest BCUT2D eigenvalue weighted by atomic mass is 9.69. The zero-order chi connectivity index (χ0) is 47.9. The van der Waals surface area contributed by atoms with Crippen LogP contribution in [0.2, 0.25) is 0 Å². The molecule has 0 aromatic carbocycles. The first-order chi connectivity index (χ1) is 31.3. The molecule has 0 radical (unpaired) electrons. The topological polar surface area (TPSA) is 153 Å². The summed E-state index contributed by atoms with van der Waals surface area (Å²) in [5, 5.41) is 33.6. The van der Waals surface area contributed by atoms with Crippen LogP contribution in [0.25, 0.3) is 0 Å². The molecule has 0 amide bonds. The number of aliphatic hydroxyl groups excluding tert-OH is 3. The number of rotatable bonds is 7. The average molecular weight is 943 g/mol. The van der Waals surface area contributed by atoms with E-state index in [1.807, 2.05) is 19.9 Å². The molecule has 380 valence electrons. The van der Waals surface area contributed by atoms with Gasteiger partial charge in [0.15, 0.2) is 0 Å². The van der Waals surface area contributed by atoms with Gasteiger partial charge in [0, 0.05) is 44.9 Å². The minimum Gasteiger partial charge on any atom is -0.390 e. The van der Waals surface area contributed by atoms with Crippen LogP contribution in [0.15, 0.2) is 24.8 Å². The second kappa shape index (κ2) is 17.0. The zero-order valence-electron chi connectivity index (χ0n) is 42.6. The highest BCUT2D eigenvalue weighted by Crippen LogP contribution is 2.57. The van der Waals surface area contributed by atoms with E-state index in [9.17, 15) is 15.3 Å². The molecule has 0 bridgehead atoms. The van der Waals surface area contributed by atoms with E-state index >= 15 is 0 Å². The molecule has 0 unspecified atom stereocenters. The molecule has 10 heterocycles. The fraction of sp³-hybridized carbons (Fsp3) is 0.926. The number of allylic oxidation sites excluding steroid dienone is 1. The fourth-order valence-electron chi connectivity index (χ4n) is 15.0. The van der Waals surface area contributed by atoms with Crippen molar-refractivity contribution in [2.24, 2.45) is 11.8 Å². The largest absolute Gasteiger partial charge is 0.390 e. The van der Waals surface area contributed by atoms with Gasteiger partial charge in [-0.3, -0.25) is 0 Å². The van der Waals surface area contributed by atoms with Crippen molar-refractivity contribution in [2.75, 3.05) is 0 Å². The quantitative estimate of drug-likeness (QED) is 0.218. The Morgan fingerprint density at radius 3 is 1.97 bits per heavy atom. The second-order valence-electron chi connectivity index (χ2n) is 25.6. The van der Waals surface area contributed by atoms with Gasteiger partial charge >= 0.3 is 0 Å². The van der Waals surface area contributed by atoms with Crippen LogP contribution >= 0.6 is 0 Å². The molecule has 10 aliphatic heterocycles. The van der Waals surface area contributed by atoms with Gasteiger partial charge < -0.3 is 62.7 Å². The summed E-state index contributed by atoms with van der Waals surface area (Å²) in [4.78, 5) is 0. The number of hydrogen-bond donors (Lipinski definition) is 3. The van der Waals surface area contributed by atoms with Gasteiger partial charge in [-0.25, -0.2) is 0 Å². The maximum absolute atomic E-state index is 11.4. The lowest BCUT2D eigenvalue weighted by Crippen LogP contribution is -2.72. The van der Waals surface area contributed by atoms with Gasteiger partial charge in [-0.05, 0) is 119 Å². The molecule has 0 aromatic heterocycles. The van der Waals surface area contributed by atoms with Crippen molar-refractivity contribution >= 4 is 0 Å². The number of ether oxygens (including phenoxy) is 10. The van der Waals surface area contributed by atoms with E-state index in [1.165, 1.54) is 0 Å². The summed E-state index contributed by atoms with van der Waals surface area (Å²) in [6.45, 7) is 27.3. The molecule has 0 aromatic rings. The Balaban J connectivity index is 0.808. The summed E-state index contributed by atoms with van der Waals surface area (Å²) < 4.78 is 70.5. The van der Waals surface area contributed by atoms with Gasteiger partial charge in [-0.1, -0.05) is 32.1 Å². The molecule has 9 saturated heterocycles. The number of aliphatic hydroxyl groups is 3.